The van der Waals surface area contributed by atoms with Crippen LogP contribution in [-0.4, -0.2) is 30.2 Å². The summed E-state index contributed by atoms with van der Waals surface area (Å²) in [6.07, 6.45) is 1.61. The van der Waals surface area contributed by atoms with Gasteiger partial charge in [0.15, 0.2) is 5.17 Å². The largest absolute Gasteiger partial charge is 0.497 e. The van der Waals surface area contributed by atoms with Crippen molar-refractivity contribution >= 4 is 29.1 Å². The Bertz CT molecular complexity index is 788. The average Bonchev–Trinajstić information content (AvgIpc) is 3.01. The first-order valence-electron chi connectivity index (χ1n) is 7.18. The normalized spacial score (nSPS) is 15.7. The number of amidine groups is 1. The number of methoxy groups -OCH3 is 1. The molecule has 0 atom stereocenters. The second-order valence-corrected chi connectivity index (χ2v) is 5.80. The molecule has 7 heteroatoms. The van der Waals surface area contributed by atoms with Gasteiger partial charge in [-0.25, -0.2) is 0 Å². The van der Waals surface area contributed by atoms with E-state index >= 15 is 0 Å². The molecule has 6 nitrogen and oxygen atoms in total. The Morgan fingerprint density at radius 1 is 1.12 bits per heavy atom. The fourth-order valence-electron chi connectivity index (χ4n) is 1.97. The molecular formula is C17H15N3O3S. The predicted molar refractivity (Wildman–Crippen MR) is 95.1 cm³/mol. The van der Waals surface area contributed by atoms with Crippen LogP contribution >= 0.6 is 11.8 Å². The number of carbonyl (C=O) groups is 1. The summed E-state index contributed by atoms with van der Waals surface area (Å²) in [4.78, 5) is 11.1. The van der Waals surface area contributed by atoms with E-state index in [1.165, 1.54) is 11.8 Å². The lowest BCUT2D eigenvalue weighted by atomic mass is 10.2. The predicted octanol–water partition coefficient (Wildman–Crippen LogP) is 3.04. The van der Waals surface area contributed by atoms with Gasteiger partial charge in [0.05, 0.1) is 19.1 Å². The van der Waals surface area contributed by atoms with E-state index in [0.717, 1.165) is 17.1 Å². The summed E-state index contributed by atoms with van der Waals surface area (Å²) in [5, 5.41) is 11.1. The minimum absolute atomic E-state index is 0.0520. The van der Waals surface area contributed by atoms with Crippen LogP contribution in [0.1, 0.15) is 5.56 Å². The van der Waals surface area contributed by atoms with Crippen LogP contribution in [0, 0.1) is 0 Å². The summed E-state index contributed by atoms with van der Waals surface area (Å²) in [6.45, 7) is 0. The van der Waals surface area contributed by atoms with Crippen LogP contribution in [0.4, 0.5) is 0 Å². The zero-order chi connectivity index (χ0) is 16.8. The van der Waals surface area contributed by atoms with Crippen LogP contribution < -0.4 is 14.8 Å². The molecule has 1 fully saturated rings. The molecule has 0 radical (unpaired) electrons. The van der Waals surface area contributed by atoms with E-state index in [2.05, 4.69) is 15.5 Å². The highest BCUT2D eigenvalue weighted by Crippen LogP contribution is 2.24. The number of benzene rings is 2. The molecule has 1 N–H and O–H groups in total. The molecule has 1 saturated heterocycles. The van der Waals surface area contributed by atoms with E-state index in [1.54, 1.807) is 13.3 Å². The number of nitrogens with zero attached hydrogens (tertiary/aromatic N) is 2. The molecule has 0 spiro atoms. The van der Waals surface area contributed by atoms with E-state index in [0.29, 0.717) is 16.7 Å². The molecule has 2 aromatic carbocycles. The molecule has 1 aliphatic rings. The van der Waals surface area contributed by atoms with Gasteiger partial charge in [-0.05, 0) is 42.0 Å². The monoisotopic (exact) mass is 341 g/mol. The van der Waals surface area contributed by atoms with Gasteiger partial charge in [0.25, 0.3) is 0 Å². The number of rotatable bonds is 5. The molecule has 0 aliphatic carbocycles. The van der Waals surface area contributed by atoms with Crippen LogP contribution in [0.5, 0.6) is 17.2 Å². The van der Waals surface area contributed by atoms with Gasteiger partial charge < -0.3 is 14.8 Å². The number of thioether (sulfide) groups is 1. The zero-order valence-electron chi connectivity index (χ0n) is 12.9. The van der Waals surface area contributed by atoms with Crippen molar-refractivity contribution in [3.8, 4) is 17.2 Å². The third-order valence-corrected chi connectivity index (χ3v) is 3.96. The number of hydrogen-bond donors (Lipinski definition) is 1. The van der Waals surface area contributed by atoms with Crippen molar-refractivity contribution in [3.05, 3.63) is 54.1 Å². The van der Waals surface area contributed by atoms with E-state index in [1.807, 2.05) is 48.5 Å². The summed E-state index contributed by atoms with van der Waals surface area (Å²) in [5.74, 6) is 2.53. The smallest absolute Gasteiger partial charge is 0.236 e. The third kappa shape index (κ3) is 4.36. The van der Waals surface area contributed by atoms with Gasteiger partial charge >= 0.3 is 0 Å². The van der Waals surface area contributed by atoms with Crippen molar-refractivity contribution in [2.45, 2.75) is 0 Å². The third-order valence-electron chi connectivity index (χ3n) is 3.09. The Morgan fingerprint density at radius 2 is 1.92 bits per heavy atom. The second-order valence-electron chi connectivity index (χ2n) is 4.84. The van der Waals surface area contributed by atoms with Gasteiger partial charge in [-0.15, -0.1) is 5.10 Å². The van der Waals surface area contributed by atoms with Crippen LogP contribution in [0.25, 0.3) is 0 Å². The van der Waals surface area contributed by atoms with Gasteiger partial charge in [-0.3, -0.25) is 4.79 Å². The van der Waals surface area contributed by atoms with E-state index in [4.69, 9.17) is 9.47 Å². The zero-order valence-corrected chi connectivity index (χ0v) is 13.7. The Kier molecular flexibility index (Phi) is 5.12. The Labute approximate surface area is 143 Å². The fraction of sp³-hybridized carbons (Fsp3) is 0.118. The molecule has 3 rings (SSSR count). The first kappa shape index (κ1) is 16.1. The minimum atomic E-state index is -0.0520. The van der Waals surface area contributed by atoms with Gasteiger partial charge in [0, 0.05) is 0 Å². The molecule has 2 aromatic rings. The summed E-state index contributed by atoms with van der Waals surface area (Å²) in [5.41, 5.74) is 0.847. The van der Waals surface area contributed by atoms with Gasteiger partial charge in [0.1, 0.15) is 17.2 Å². The van der Waals surface area contributed by atoms with E-state index in [9.17, 15) is 4.79 Å². The first-order valence-corrected chi connectivity index (χ1v) is 8.17. The molecule has 1 aliphatic heterocycles. The second kappa shape index (κ2) is 7.65. The topological polar surface area (TPSA) is 72.3 Å². The van der Waals surface area contributed by atoms with Gasteiger partial charge in [-0.1, -0.05) is 23.9 Å². The number of amides is 1. The number of nitrogens with one attached hydrogen (secondary N) is 1. The quantitative estimate of drug-likeness (QED) is 0.670. The molecule has 0 bridgehead atoms. The van der Waals surface area contributed by atoms with Crippen molar-refractivity contribution in [2.24, 2.45) is 10.2 Å². The van der Waals surface area contributed by atoms with Gasteiger partial charge in [-0.2, -0.15) is 5.10 Å². The molecule has 0 aromatic heterocycles. The van der Waals surface area contributed by atoms with Crippen LogP contribution in [0.2, 0.25) is 0 Å². The molecular weight excluding hydrogens is 326 g/mol. The molecule has 1 heterocycles. The SMILES string of the molecule is COc1ccc(Oc2cccc(C=NN=C3NC(=O)CS3)c2)cc1. The molecule has 0 saturated carbocycles. The van der Waals surface area contributed by atoms with Crippen molar-refractivity contribution in [2.75, 3.05) is 12.9 Å². The lowest BCUT2D eigenvalue weighted by Gasteiger charge is -2.07. The Balaban J connectivity index is 1.66. The highest BCUT2D eigenvalue weighted by Gasteiger charge is 2.15. The maximum Gasteiger partial charge on any atom is 0.236 e. The van der Waals surface area contributed by atoms with Crippen molar-refractivity contribution in [1.29, 1.82) is 0 Å². The fourth-order valence-corrected chi connectivity index (χ4v) is 2.60. The average molecular weight is 341 g/mol. The maximum atomic E-state index is 11.1. The number of hydrogen-bond acceptors (Lipinski definition) is 6. The van der Waals surface area contributed by atoms with Crippen molar-refractivity contribution < 1.29 is 14.3 Å². The minimum Gasteiger partial charge on any atom is -0.497 e. The molecule has 1 amide bonds. The summed E-state index contributed by atoms with van der Waals surface area (Å²) in [7, 11) is 1.62. The summed E-state index contributed by atoms with van der Waals surface area (Å²) < 4.78 is 10.9. The first-order chi connectivity index (χ1) is 11.7. The number of carbonyl (C=O) groups excluding carboxylic acids is 1. The highest BCUT2D eigenvalue weighted by molar-refractivity contribution is 8.15. The standard InChI is InChI=1S/C17H15N3O3S/c1-22-13-5-7-14(8-6-13)23-15-4-2-3-12(9-15)10-18-20-17-19-16(21)11-24-17/h2-10H,11H2,1H3,(H,19,20,21). The lowest BCUT2D eigenvalue weighted by molar-refractivity contribution is -0.116. The molecule has 122 valence electrons. The maximum absolute atomic E-state index is 11.1. The van der Waals surface area contributed by atoms with E-state index < -0.39 is 0 Å². The lowest BCUT2D eigenvalue weighted by Crippen LogP contribution is -2.19. The highest BCUT2D eigenvalue weighted by atomic mass is 32.2. The van der Waals surface area contributed by atoms with Crippen molar-refractivity contribution in [1.82, 2.24) is 5.32 Å². The van der Waals surface area contributed by atoms with Crippen LogP contribution in [-0.2, 0) is 4.79 Å². The Morgan fingerprint density at radius 3 is 2.62 bits per heavy atom. The van der Waals surface area contributed by atoms with Crippen molar-refractivity contribution in [3.63, 3.8) is 0 Å². The molecule has 24 heavy (non-hydrogen) atoms. The van der Waals surface area contributed by atoms with E-state index in [-0.39, 0.29) is 5.91 Å². The van der Waals surface area contributed by atoms with Crippen LogP contribution in [0.3, 0.4) is 0 Å². The van der Waals surface area contributed by atoms with Crippen LogP contribution in [0.15, 0.2) is 58.7 Å². The molecule has 0 unspecified atom stereocenters. The van der Waals surface area contributed by atoms with Gasteiger partial charge in [0.2, 0.25) is 5.91 Å². The summed E-state index contributed by atoms with van der Waals surface area (Å²) in [6, 6.07) is 14.8. The number of ether oxygens (including phenoxy) is 2. The Hall–Kier alpha value is -2.80. The summed E-state index contributed by atoms with van der Waals surface area (Å²) >= 11 is 1.33.